The fourth-order valence-electron chi connectivity index (χ4n) is 6.08. The standard InChI is InChI=1S/C28H27N3O5/c1-27(2,3)31-24(32)21-22(25(31)33)28(26(34)35,13-16-14-29-18-10-6-5-9-17(16)18)30-23(21)20-12-15-8-4-7-11-19(15)36-20/h4-12,14,21-23,29-30H,13H2,1-3H3,(H,34,35). The van der Waals surface area contributed by atoms with Crippen molar-refractivity contribution in [1.29, 1.82) is 0 Å². The van der Waals surface area contributed by atoms with E-state index in [4.69, 9.17) is 4.42 Å². The molecule has 2 saturated heterocycles. The molecule has 8 nitrogen and oxygen atoms in total. The Labute approximate surface area is 207 Å². The lowest BCUT2D eigenvalue weighted by Gasteiger charge is -2.35. The number of hydrogen-bond donors (Lipinski definition) is 3. The van der Waals surface area contributed by atoms with Crippen LogP contribution >= 0.6 is 0 Å². The highest BCUT2D eigenvalue weighted by Gasteiger charge is 2.70. The zero-order valence-electron chi connectivity index (χ0n) is 20.2. The molecule has 2 aromatic carbocycles. The number of aromatic amines is 1. The smallest absolute Gasteiger partial charge is 0.325 e. The number of nitrogens with zero attached hydrogens (tertiary/aromatic N) is 1. The van der Waals surface area contributed by atoms with E-state index >= 15 is 0 Å². The predicted molar refractivity (Wildman–Crippen MR) is 133 cm³/mol. The maximum absolute atomic E-state index is 13.9. The number of H-pyrrole nitrogens is 1. The first-order chi connectivity index (χ1) is 17.1. The third kappa shape index (κ3) is 3.07. The number of hydrogen-bond acceptors (Lipinski definition) is 5. The second kappa shape index (κ2) is 7.54. The number of carboxylic acid groups (broad SMARTS) is 1. The van der Waals surface area contributed by atoms with Gasteiger partial charge in [0.2, 0.25) is 11.8 Å². The van der Waals surface area contributed by atoms with Gasteiger partial charge in [0, 0.05) is 34.4 Å². The van der Waals surface area contributed by atoms with E-state index in [9.17, 15) is 19.5 Å². The number of carboxylic acids is 1. The van der Waals surface area contributed by atoms with Crippen LogP contribution in [0.5, 0.6) is 0 Å². The molecule has 4 heterocycles. The largest absolute Gasteiger partial charge is 0.480 e. The molecular weight excluding hydrogens is 458 g/mol. The highest BCUT2D eigenvalue weighted by molar-refractivity contribution is 6.10. The van der Waals surface area contributed by atoms with Crippen LogP contribution in [0.2, 0.25) is 0 Å². The first-order valence-electron chi connectivity index (χ1n) is 12.0. The van der Waals surface area contributed by atoms with E-state index in [2.05, 4.69) is 10.3 Å². The van der Waals surface area contributed by atoms with Crippen molar-refractivity contribution in [2.75, 3.05) is 0 Å². The SMILES string of the molecule is CC(C)(C)N1C(=O)C2C(c3cc4ccccc4o3)NC(Cc3c[nH]c4ccccc34)(C(=O)O)C2C1=O. The first kappa shape index (κ1) is 22.5. The molecule has 6 rings (SSSR count). The number of aromatic nitrogens is 1. The van der Waals surface area contributed by atoms with Crippen molar-refractivity contribution in [2.45, 2.75) is 44.3 Å². The summed E-state index contributed by atoms with van der Waals surface area (Å²) in [6.45, 7) is 5.36. The summed E-state index contributed by atoms with van der Waals surface area (Å²) in [4.78, 5) is 45.2. The second-order valence-corrected chi connectivity index (χ2v) is 10.8. The van der Waals surface area contributed by atoms with Crippen molar-refractivity contribution in [2.24, 2.45) is 11.8 Å². The van der Waals surface area contributed by atoms with Gasteiger partial charge >= 0.3 is 5.97 Å². The Morgan fingerprint density at radius 2 is 1.81 bits per heavy atom. The maximum Gasteiger partial charge on any atom is 0.325 e. The number of imide groups is 1. The Hall–Kier alpha value is -3.91. The summed E-state index contributed by atoms with van der Waals surface area (Å²) in [7, 11) is 0. The Morgan fingerprint density at radius 1 is 1.08 bits per heavy atom. The van der Waals surface area contributed by atoms with Crippen LogP contribution in [-0.4, -0.2) is 43.9 Å². The van der Waals surface area contributed by atoms with E-state index in [1.807, 2.05) is 54.6 Å². The van der Waals surface area contributed by atoms with Crippen molar-refractivity contribution in [3.05, 3.63) is 72.1 Å². The van der Waals surface area contributed by atoms with Crippen LogP contribution in [0.4, 0.5) is 0 Å². The fraction of sp³-hybridized carbons (Fsp3) is 0.321. The molecular formula is C28H27N3O5. The van der Waals surface area contributed by atoms with Gasteiger partial charge < -0.3 is 14.5 Å². The van der Waals surface area contributed by atoms with Crippen molar-refractivity contribution in [3.8, 4) is 0 Å². The van der Waals surface area contributed by atoms with Crippen molar-refractivity contribution >= 4 is 39.7 Å². The van der Waals surface area contributed by atoms with E-state index in [0.717, 1.165) is 21.9 Å². The molecule has 184 valence electrons. The number of aliphatic carboxylic acids is 1. The molecule has 36 heavy (non-hydrogen) atoms. The minimum atomic E-state index is -1.70. The van der Waals surface area contributed by atoms with E-state index in [-0.39, 0.29) is 12.3 Å². The van der Waals surface area contributed by atoms with Gasteiger partial charge in [-0.2, -0.15) is 0 Å². The van der Waals surface area contributed by atoms with Crippen molar-refractivity contribution < 1.29 is 23.9 Å². The van der Waals surface area contributed by atoms with Gasteiger partial charge in [-0.05, 0) is 44.5 Å². The predicted octanol–water partition coefficient (Wildman–Crippen LogP) is 4.02. The number of nitrogens with one attached hydrogen (secondary N) is 2. The van der Waals surface area contributed by atoms with Crippen LogP contribution in [0.25, 0.3) is 21.9 Å². The van der Waals surface area contributed by atoms with Gasteiger partial charge in [0.1, 0.15) is 16.9 Å². The zero-order valence-corrected chi connectivity index (χ0v) is 20.2. The summed E-state index contributed by atoms with van der Waals surface area (Å²) in [5.74, 6) is -3.56. The average Bonchev–Trinajstić information content (AvgIpc) is 3.56. The summed E-state index contributed by atoms with van der Waals surface area (Å²) in [6.07, 6.45) is 1.81. The number of carbonyl (C=O) groups excluding carboxylic acids is 2. The molecule has 4 aromatic rings. The summed E-state index contributed by atoms with van der Waals surface area (Å²) < 4.78 is 6.10. The summed E-state index contributed by atoms with van der Waals surface area (Å²) in [5, 5.41) is 15.7. The Kier molecular flexibility index (Phi) is 4.72. The van der Waals surface area contributed by atoms with Gasteiger partial charge in [0.15, 0.2) is 0 Å². The molecule has 0 spiro atoms. The van der Waals surface area contributed by atoms with Crippen LogP contribution in [-0.2, 0) is 20.8 Å². The Bertz CT molecular complexity index is 1510. The van der Waals surface area contributed by atoms with E-state index in [0.29, 0.717) is 11.3 Å². The molecule has 0 saturated carbocycles. The molecule has 2 amide bonds. The average molecular weight is 486 g/mol. The van der Waals surface area contributed by atoms with Gasteiger partial charge in [0.25, 0.3) is 0 Å². The molecule has 2 aromatic heterocycles. The summed E-state index contributed by atoms with van der Waals surface area (Å²) in [5.41, 5.74) is -0.214. The van der Waals surface area contributed by atoms with Crippen LogP contribution in [0.15, 0.2) is 65.2 Å². The van der Waals surface area contributed by atoms with Crippen LogP contribution < -0.4 is 5.32 Å². The van der Waals surface area contributed by atoms with Crippen LogP contribution in [0.3, 0.4) is 0 Å². The number of para-hydroxylation sites is 2. The lowest BCUT2D eigenvalue weighted by Crippen LogP contribution is -2.58. The molecule has 0 bridgehead atoms. The number of rotatable bonds is 4. The number of benzene rings is 2. The molecule has 2 aliphatic rings. The lowest BCUT2D eigenvalue weighted by molar-refractivity contribution is -0.153. The Balaban J connectivity index is 1.53. The molecule has 2 fully saturated rings. The molecule has 8 heteroatoms. The number of likely N-dealkylation sites (tertiary alicyclic amines) is 1. The minimum absolute atomic E-state index is 0.0290. The zero-order chi connectivity index (χ0) is 25.4. The van der Waals surface area contributed by atoms with E-state index in [1.54, 1.807) is 27.0 Å². The van der Waals surface area contributed by atoms with Gasteiger partial charge in [-0.15, -0.1) is 0 Å². The van der Waals surface area contributed by atoms with Crippen LogP contribution in [0, 0.1) is 11.8 Å². The van der Waals surface area contributed by atoms with E-state index < -0.39 is 40.8 Å². The topological polar surface area (TPSA) is 116 Å². The highest BCUT2D eigenvalue weighted by atomic mass is 16.4. The number of fused-ring (bicyclic) bond motifs is 3. The minimum Gasteiger partial charge on any atom is -0.480 e. The monoisotopic (exact) mass is 485 g/mol. The molecule has 4 unspecified atom stereocenters. The summed E-state index contributed by atoms with van der Waals surface area (Å²) in [6, 6.07) is 16.1. The fourth-order valence-corrected chi connectivity index (χ4v) is 6.08. The third-order valence-corrected chi connectivity index (χ3v) is 7.60. The maximum atomic E-state index is 13.9. The Morgan fingerprint density at radius 3 is 2.53 bits per heavy atom. The first-order valence-corrected chi connectivity index (χ1v) is 12.0. The van der Waals surface area contributed by atoms with Crippen molar-refractivity contribution in [1.82, 2.24) is 15.2 Å². The number of amides is 2. The third-order valence-electron chi connectivity index (χ3n) is 7.60. The van der Waals surface area contributed by atoms with Gasteiger partial charge in [-0.25, -0.2) is 0 Å². The van der Waals surface area contributed by atoms with Gasteiger partial charge in [0.05, 0.1) is 17.9 Å². The second-order valence-electron chi connectivity index (χ2n) is 10.8. The highest BCUT2D eigenvalue weighted by Crippen LogP contribution is 2.52. The molecule has 0 radical (unpaired) electrons. The molecule has 4 atom stereocenters. The van der Waals surface area contributed by atoms with Gasteiger partial charge in [-0.3, -0.25) is 24.6 Å². The number of carbonyl (C=O) groups is 3. The molecule has 2 aliphatic heterocycles. The summed E-state index contributed by atoms with van der Waals surface area (Å²) >= 11 is 0. The quantitative estimate of drug-likeness (QED) is 0.376. The normalized spacial score (nSPS) is 26.3. The van der Waals surface area contributed by atoms with E-state index in [1.165, 1.54) is 4.90 Å². The van der Waals surface area contributed by atoms with Crippen LogP contribution in [0.1, 0.15) is 38.1 Å². The van der Waals surface area contributed by atoms with Crippen molar-refractivity contribution in [3.63, 3.8) is 0 Å². The number of furan rings is 1. The lowest BCUT2D eigenvalue weighted by atomic mass is 9.76. The molecule has 3 N–H and O–H groups in total. The van der Waals surface area contributed by atoms with Gasteiger partial charge in [-0.1, -0.05) is 36.4 Å². The molecule has 0 aliphatic carbocycles.